The van der Waals surface area contributed by atoms with E-state index in [4.69, 9.17) is 4.98 Å². The van der Waals surface area contributed by atoms with Crippen LogP contribution in [-0.2, 0) is 12.0 Å². The summed E-state index contributed by atoms with van der Waals surface area (Å²) in [4.78, 5) is 6.27. The second-order valence-electron chi connectivity index (χ2n) is 6.42. The second kappa shape index (κ2) is 6.16. The molecule has 0 radical (unpaired) electrons. The highest BCUT2D eigenvalue weighted by Gasteiger charge is 2.23. The van der Waals surface area contributed by atoms with E-state index in [0.29, 0.717) is 12.0 Å². The molecule has 0 aromatic carbocycles. The molecule has 3 heteroatoms. The Morgan fingerprint density at radius 1 is 1.22 bits per heavy atom. The largest absolute Gasteiger partial charge is 0.309 e. The molecule has 1 aromatic rings. The molecule has 1 aromatic heterocycles. The fourth-order valence-electron chi connectivity index (χ4n) is 1.73. The Morgan fingerprint density at radius 3 is 2.28 bits per heavy atom. The van der Waals surface area contributed by atoms with Gasteiger partial charge in [-0.15, -0.1) is 11.3 Å². The summed E-state index contributed by atoms with van der Waals surface area (Å²) in [5, 5.41) is 4.85. The van der Waals surface area contributed by atoms with E-state index in [1.54, 1.807) is 0 Å². The van der Waals surface area contributed by atoms with Crippen molar-refractivity contribution in [1.29, 1.82) is 0 Å². The van der Waals surface area contributed by atoms with Crippen LogP contribution in [-0.4, -0.2) is 11.0 Å². The van der Waals surface area contributed by atoms with Gasteiger partial charge < -0.3 is 5.32 Å². The van der Waals surface area contributed by atoms with Crippen LogP contribution in [0.1, 0.15) is 76.4 Å². The lowest BCUT2D eigenvalue weighted by Gasteiger charge is -2.19. The summed E-state index contributed by atoms with van der Waals surface area (Å²) in [7, 11) is 0. The van der Waals surface area contributed by atoms with E-state index < -0.39 is 0 Å². The zero-order valence-corrected chi connectivity index (χ0v) is 13.7. The number of nitrogens with one attached hydrogen (secondary N) is 1. The molecule has 0 saturated heterocycles. The van der Waals surface area contributed by atoms with Crippen LogP contribution in [0.2, 0.25) is 0 Å². The Labute approximate surface area is 116 Å². The highest BCUT2D eigenvalue weighted by molar-refractivity contribution is 7.11. The predicted molar refractivity (Wildman–Crippen MR) is 81.5 cm³/mol. The van der Waals surface area contributed by atoms with E-state index in [1.807, 2.05) is 11.3 Å². The summed E-state index contributed by atoms with van der Waals surface area (Å²) in [6.07, 6.45) is 1.17. The zero-order chi connectivity index (χ0) is 13.9. The summed E-state index contributed by atoms with van der Waals surface area (Å²) in [6, 6.07) is 0.572. The van der Waals surface area contributed by atoms with Crippen molar-refractivity contribution >= 4 is 11.3 Å². The lowest BCUT2D eigenvalue weighted by atomic mass is 9.91. The summed E-state index contributed by atoms with van der Waals surface area (Å²) >= 11 is 1.87. The molecule has 1 heterocycles. The predicted octanol–water partition coefficient (Wildman–Crippen LogP) is 4.45. The molecule has 0 saturated carbocycles. The van der Waals surface area contributed by atoms with Crippen LogP contribution in [0, 0.1) is 0 Å². The average Bonchev–Trinajstić information content (AvgIpc) is 2.69. The van der Waals surface area contributed by atoms with Gasteiger partial charge in [-0.05, 0) is 13.3 Å². The van der Waals surface area contributed by atoms with E-state index in [0.717, 1.165) is 6.54 Å². The fourth-order valence-corrected chi connectivity index (χ4v) is 2.96. The second-order valence-corrected chi connectivity index (χ2v) is 7.53. The van der Waals surface area contributed by atoms with Gasteiger partial charge in [0.1, 0.15) is 0 Å². The van der Waals surface area contributed by atoms with Crippen LogP contribution in [0.25, 0.3) is 0 Å². The number of hydrogen-bond acceptors (Lipinski definition) is 3. The third-order valence-electron chi connectivity index (χ3n) is 3.14. The van der Waals surface area contributed by atoms with Gasteiger partial charge in [-0.25, -0.2) is 4.98 Å². The van der Waals surface area contributed by atoms with Crippen molar-refractivity contribution in [3.05, 3.63) is 15.6 Å². The van der Waals surface area contributed by atoms with Gasteiger partial charge in [0.15, 0.2) is 0 Å². The van der Waals surface area contributed by atoms with Crippen molar-refractivity contribution in [3.8, 4) is 0 Å². The molecule has 0 bridgehead atoms. The molecule has 1 unspecified atom stereocenters. The van der Waals surface area contributed by atoms with Crippen LogP contribution in [0.4, 0.5) is 0 Å². The molecule has 1 atom stereocenters. The molecule has 2 nitrogen and oxygen atoms in total. The van der Waals surface area contributed by atoms with Gasteiger partial charge >= 0.3 is 0 Å². The minimum Gasteiger partial charge on any atom is -0.309 e. The van der Waals surface area contributed by atoms with Crippen LogP contribution in [0.5, 0.6) is 0 Å². The first-order valence-electron chi connectivity index (χ1n) is 6.99. The van der Waals surface area contributed by atoms with Crippen LogP contribution >= 0.6 is 11.3 Å². The van der Waals surface area contributed by atoms with E-state index in [-0.39, 0.29) is 5.41 Å². The minimum absolute atomic E-state index is 0.135. The molecule has 0 aliphatic heterocycles. The minimum atomic E-state index is 0.135. The maximum absolute atomic E-state index is 4.86. The normalized spacial score (nSPS) is 14.2. The molecular weight excluding hydrogens is 240 g/mol. The molecule has 18 heavy (non-hydrogen) atoms. The molecule has 0 aliphatic carbocycles. The van der Waals surface area contributed by atoms with E-state index >= 15 is 0 Å². The first-order chi connectivity index (χ1) is 8.25. The molecule has 0 spiro atoms. The van der Waals surface area contributed by atoms with Crippen molar-refractivity contribution in [3.63, 3.8) is 0 Å². The molecule has 0 fully saturated rings. The average molecular weight is 268 g/mol. The maximum Gasteiger partial charge on any atom is 0.0957 e. The smallest absolute Gasteiger partial charge is 0.0957 e. The lowest BCUT2D eigenvalue weighted by molar-refractivity contribution is 0.519. The Kier molecular flexibility index (Phi) is 5.35. The van der Waals surface area contributed by atoms with Gasteiger partial charge in [0, 0.05) is 28.8 Å². The van der Waals surface area contributed by atoms with Gasteiger partial charge in [-0.2, -0.15) is 0 Å². The summed E-state index contributed by atoms with van der Waals surface area (Å²) in [5.41, 5.74) is 1.41. The van der Waals surface area contributed by atoms with Gasteiger partial charge in [0.25, 0.3) is 0 Å². The van der Waals surface area contributed by atoms with Gasteiger partial charge in [0.2, 0.25) is 0 Å². The first kappa shape index (κ1) is 15.6. The number of aromatic nitrogens is 1. The summed E-state index contributed by atoms with van der Waals surface area (Å²) in [6.45, 7) is 16.6. The zero-order valence-electron chi connectivity index (χ0n) is 12.9. The topological polar surface area (TPSA) is 24.9 Å². The third-order valence-corrected chi connectivity index (χ3v) is 4.50. The Morgan fingerprint density at radius 2 is 1.83 bits per heavy atom. The number of rotatable bonds is 5. The van der Waals surface area contributed by atoms with Crippen molar-refractivity contribution in [2.24, 2.45) is 0 Å². The van der Waals surface area contributed by atoms with Gasteiger partial charge in [-0.1, -0.05) is 41.5 Å². The van der Waals surface area contributed by atoms with Gasteiger partial charge in [-0.3, -0.25) is 0 Å². The number of thiazole rings is 1. The van der Waals surface area contributed by atoms with Crippen LogP contribution in [0.15, 0.2) is 0 Å². The van der Waals surface area contributed by atoms with Crippen LogP contribution in [0.3, 0.4) is 0 Å². The first-order valence-corrected chi connectivity index (χ1v) is 7.80. The highest BCUT2D eigenvalue weighted by atomic mass is 32.1. The van der Waals surface area contributed by atoms with E-state index in [1.165, 1.54) is 22.0 Å². The number of hydrogen-bond donors (Lipinski definition) is 1. The Hall–Kier alpha value is -0.410. The van der Waals surface area contributed by atoms with Crippen molar-refractivity contribution in [1.82, 2.24) is 10.3 Å². The third kappa shape index (κ3) is 4.06. The standard InChI is InChI=1S/C15H28N2S/c1-8-11(4)16-9-12-13(15(5,6)7)17-14(18-12)10(2)3/h10-11,16H,8-9H2,1-7H3. The maximum atomic E-state index is 4.86. The number of nitrogens with zero attached hydrogens (tertiary/aromatic N) is 1. The molecular formula is C15H28N2S. The van der Waals surface area contributed by atoms with Gasteiger partial charge in [0.05, 0.1) is 10.7 Å². The molecule has 0 amide bonds. The SMILES string of the molecule is CCC(C)NCc1sc(C(C)C)nc1C(C)(C)C. The quantitative estimate of drug-likeness (QED) is 0.853. The van der Waals surface area contributed by atoms with E-state index in [2.05, 4.69) is 53.8 Å². The Bertz CT molecular complexity index is 374. The van der Waals surface area contributed by atoms with Crippen molar-refractivity contribution in [2.75, 3.05) is 0 Å². The summed E-state index contributed by atoms with van der Waals surface area (Å²) < 4.78 is 0. The monoisotopic (exact) mass is 268 g/mol. The van der Waals surface area contributed by atoms with Crippen molar-refractivity contribution in [2.45, 2.75) is 78.8 Å². The van der Waals surface area contributed by atoms with Crippen LogP contribution < -0.4 is 5.32 Å². The molecule has 1 N–H and O–H groups in total. The summed E-state index contributed by atoms with van der Waals surface area (Å²) in [5.74, 6) is 0.522. The molecule has 1 rings (SSSR count). The molecule has 104 valence electrons. The Balaban J connectivity index is 2.94. The lowest BCUT2D eigenvalue weighted by Crippen LogP contribution is -2.25. The van der Waals surface area contributed by atoms with Crippen molar-refractivity contribution < 1.29 is 0 Å². The molecule has 0 aliphatic rings. The van der Waals surface area contributed by atoms with E-state index in [9.17, 15) is 0 Å². The fraction of sp³-hybridized carbons (Fsp3) is 0.800. The highest BCUT2D eigenvalue weighted by Crippen LogP contribution is 2.32.